The minimum atomic E-state index is -0.539. The number of rotatable bonds is 8. The number of fused-ring (bicyclic) bond motifs is 1. The van der Waals surface area contributed by atoms with Gasteiger partial charge in [-0.05, 0) is 31.5 Å². The number of benzene rings is 1. The second-order valence-electron chi connectivity index (χ2n) is 5.96. The first-order valence-electron chi connectivity index (χ1n) is 8.94. The molecule has 0 aliphatic heterocycles. The van der Waals surface area contributed by atoms with Crippen molar-refractivity contribution in [2.45, 2.75) is 31.8 Å². The number of carbonyl (C=O) groups is 2. The Balaban J connectivity index is 1.97. The van der Waals surface area contributed by atoms with Gasteiger partial charge in [-0.25, -0.2) is 4.98 Å². The smallest absolute Gasteiger partial charge is 0.313 e. The number of ketones is 1. The number of ether oxygens (including phenoxy) is 1. The molecule has 0 aliphatic rings. The minimum Gasteiger partial charge on any atom is -0.466 e. The summed E-state index contributed by atoms with van der Waals surface area (Å²) >= 11 is 2.64. The molecule has 8 heteroatoms. The summed E-state index contributed by atoms with van der Waals surface area (Å²) in [6.07, 6.45) is 0.546. The van der Waals surface area contributed by atoms with E-state index >= 15 is 0 Å². The highest BCUT2D eigenvalue weighted by Crippen LogP contribution is 2.27. The summed E-state index contributed by atoms with van der Waals surface area (Å²) in [5, 5.41) is 1.01. The molecule has 0 fully saturated rings. The summed E-state index contributed by atoms with van der Waals surface area (Å²) in [5.74, 6) is -0.768. The highest BCUT2D eigenvalue weighted by molar-refractivity contribution is 7.99. The number of Topliss-reactive ketones (excluding diaryl/α,β-unsaturated/α-hetero) is 1. The van der Waals surface area contributed by atoms with Crippen molar-refractivity contribution in [3.05, 3.63) is 51.6 Å². The second kappa shape index (κ2) is 9.16. The molecular weight excluding hydrogens is 396 g/mol. The molecule has 0 amide bonds. The van der Waals surface area contributed by atoms with Crippen LogP contribution in [-0.2, 0) is 20.7 Å². The molecule has 2 heterocycles. The lowest BCUT2D eigenvalue weighted by Gasteiger charge is -2.11. The molecule has 6 nitrogen and oxygen atoms in total. The number of carbonyl (C=O) groups excluding carboxylic acids is 2. The van der Waals surface area contributed by atoms with E-state index in [2.05, 4.69) is 4.98 Å². The van der Waals surface area contributed by atoms with Crippen molar-refractivity contribution in [3.63, 3.8) is 0 Å². The van der Waals surface area contributed by atoms with E-state index in [9.17, 15) is 14.4 Å². The Labute approximate surface area is 170 Å². The second-order valence-corrected chi connectivity index (χ2v) is 8.02. The molecule has 0 saturated heterocycles. The van der Waals surface area contributed by atoms with E-state index in [4.69, 9.17) is 4.74 Å². The number of nitrogens with zero attached hydrogens (tertiary/aromatic N) is 2. The summed E-state index contributed by atoms with van der Waals surface area (Å²) in [7, 11) is 0. The van der Waals surface area contributed by atoms with Gasteiger partial charge in [-0.1, -0.05) is 36.9 Å². The lowest BCUT2D eigenvalue weighted by Crippen LogP contribution is -2.21. The first-order chi connectivity index (χ1) is 13.5. The zero-order valence-electron chi connectivity index (χ0n) is 15.6. The molecule has 0 bridgehead atoms. The number of hydrogen-bond acceptors (Lipinski definition) is 7. The van der Waals surface area contributed by atoms with Gasteiger partial charge in [0.15, 0.2) is 10.9 Å². The van der Waals surface area contributed by atoms with E-state index in [0.29, 0.717) is 21.1 Å². The number of thiophene rings is 1. The van der Waals surface area contributed by atoms with Crippen LogP contribution < -0.4 is 5.56 Å². The fraction of sp³-hybridized carbons (Fsp3) is 0.300. The van der Waals surface area contributed by atoms with Crippen LogP contribution in [0.3, 0.4) is 0 Å². The van der Waals surface area contributed by atoms with Gasteiger partial charge in [-0.15, -0.1) is 11.3 Å². The Hall–Kier alpha value is -2.45. The highest BCUT2D eigenvalue weighted by Gasteiger charge is 2.18. The van der Waals surface area contributed by atoms with Crippen LogP contribution >= 0.6 is 23.1 Å². The van der Waals surface area contributed by atoms with Gasteiger partial charge >= 0.3 is 5.97 Å². The van der Waals surface area contributed by atoms with Gasteiger partial charge in [0.05, 0.1) is 23.4 Å². The molecule has 3 rings (SSSR count). The normalized spacial score (nSPS) is 10.9. The van der Waals surface area contributed by atoms with Crippen molar-refractivity contribution in [2.24, 2.45) is 0 Å². The third-order valence-corrected chi connectivity index (χ3v) is 6.13. The quantitative estimate of drug-likeness (QED) is 0.242. The van der Waals surface area contributed by atoms with Crippen LogP contribution in [0, 0.1) is 0 Å². The molecule has 0 spiro atoms. The van der Waals surface area contributed by atoms with Gasteiger partial charge in [0.1, 0.15) is 11.3 Å². The van der Waals surface area contributed by atoms with E-state index < -0.39 is 5.97 Å². The van der Waals surface area contributed by atoms with Gasteiger partial charge in [0.2, 0.25) is 0 Å². The van der Waals surface area contributed by atoms with Crippen molar-refractivity contribution < 1.29 is 14.3 Å². The summed E-state index contributed by atoms with van der Waals surface area (Å²) in [5.41, 5.74) is 0.527. The standard InChI is InChI=1S/C20H20N2O4S2/c1-3-15-11-16-18(28-15)21-20(27-12-14(23)10-17(24)26-4-2)22(19(16)25)13-8-6-5-7-9-13/h5-9,11H,3-4,10,12H2,1-2H3. The molecule has 146 valence electrons. The van der Waals surface area contributed by atoms with Gasteiger partial charge in [0, 0.05) is 4.88 Å². The van der Waals surface area contributed by atoms with Crippen LogP contribution in [0.4, 0.5) is 0 Å². The Bertz CT molecular complexity index is 1060. The van der Waals surface area contributed by atoms with E-state index in [-0.39, 0.29) is 30.1 Å². The predicted octanol–water partition coefficient (Wildman–Crippen LogP) is 3.62. The minimum absolute atomic E-state index is 0.0373. The fourth-order valence-corrected chi connectivity index (χ4v) is 4.54. The number of esters is 1. The van der Waals surface area contributed by atoms with Gasteiger partial charge in [-0.3, -0.25) is 19.0 Å². The molecule has 0 unspecified atom stereocenters. The first kappa shape index (κ1) is 20.3. The summed E-state index contributed by atoms with van der Waals surface area (Å²) in [6.45, 7) is 3.97. The van der Waals surface area contributed by atoms with Crippen molar-refractivity contribution in [1.29, 1.82) is 0 Å². The lowest BCUT2D eigenvalue weighted by atomic mass is 10.3. The van der Waals surface area contributed by atoms with Crippen LogP contribution in [-0.4, -0.2) is 33.7 Å². The molecular formula is C20H20N2O4S2. The summed E-state index contributed by atoms with van der Waals surface area (Å²) in [4.78, 5) is 43.1. The molecule has 1 aromatic carbocycles. The van der Waals surface area contributed by atoms with E-state index in [1.54, 1.807) is 6.92 Å². The molecule has 0 atom stereocenters. The SMILES string of the molecule is CCOC(=O)CC(=O)CSc1nc2sc(CC)cc2c(=O)n1-c1ccccc1. The molecule has 0 N–H and O–H groups in total. The molecule has 3 aromatic rings. The van der Waals surface area contributed by atoms with Crippen LogP contribution in [0.1, 0.15) is 25.1 Å². The summed E-state index contributed by atoms with van der Waals surface area (Å²) < 4.78 is 6.34. The number of hydrogen-bond donors (Lipinski definition) is 0. The molecule has 2 aromatic heterocycles. The zero-order chi connectivity index (χ0) is 20.1. The maximum Gasteiger partial charge on any atom is 0.313 e. The summed E-state index contributed by atoms with van der Waals surface area (Å²) in [6, 6.07) is 11.1. The lowest BCUT2D eigenvalue weighted by molar-refractivity contribution is -0.145. The van der Waals surface area contributed by atoms with Crippen molar-refractivity contribution in [3.8, 4) is 5.69 Å². The Morgan fingerprint density at radius 1 is 1.21 bits per heavy atom. The Morgan fingerprint density at radius 2 is 1.96 bits per heavy atom. The number of aromatic nitrogens is 2. The van der Waals surface area contributed by atoms with Crippen molar-refractivity contribution in [1.82, 2.24) is 9.55 Å². The van der Waals surface area contributed by atoms with Crippen LogP contribution in [0.2, 0.25) is 0 Å². The number of thioether (sulfide) groups is 1. The van der Waals surface area contributed by atoms with Crippen LogP contribution in [0.15, 0.2) is 46.3 Å². The molecule has 0 radical (unpaired) electrons. The first-order valence-corrected chi connectivity index (χ1v) is 10.7. The molecule has 0 saturated carbocycles. The average Bonchev–Trinajstić information content (AvgIpc) is 3.11. The average molecular weight is 417 g/mol. The number of para-hydroxylation sites is 1. The number of aryl methyl sites for hydroxylation is 1. The Morgan fingerprint density at radius 3 is 2.64 bits per heavy atom. The van der Waals surface area contributed by atoms with E-state index in [1.165, 1.54) is 15.9 Å². The van der Waals surface area contributed by atoms with Gasteiger partial charge in [0.25, 0.3) is 5.56 Å². The topological polar surface area (TPSA) is 78.3 Å². The zero-order valence-corrected chi connectivity index (χ0v) is 17.3. The van der Waals surface area contributed by atoms with Gasteiger partial charge in [-0.2, -0.15) is 0 Å². The predicted molar refractivity (Wildman–Crippen MR) is 112 cm³/mol. The van der Waals surface area contributed by atoms with Gasteiger partial charge < -0.3 is 4.74 Å². The maximum absolute atomic E-state index is 13.1. The molecule has 0 aliphatic carbocycles. The Kier molecular flexibility index (Phi) is 6.64. The third-order valence-electron chi connectivity index (χ3n) is 3.96. The van der Waals surface area contributed by atoms with Crippen molar-refractivity contribution >= 4 is 45.1 Å². The van der Waals surface area contributed by atoms with Crippen LogP contribution in [0.5, 0.6) is 0 Å². The van der Waals surface area contributed by atoms with Crippen molar-refractivity contribution in [2.75, 3.05) is 12.4 Å². The fourth-order valence-electron chi connectivity index (χ4n) is 2.66. The largest absolute Gasteiger partial charge is 0.466 e. The van der Waals surface area contributed by atoms with Crippen LogP contribution in [0.25, 0.3) is 15.9 Å². The van der Waals surface area contributed by atoms with E-state index in [1.807, 2.05) is 43.3 Å². The van der Waals surface area contributed by atoms with E-state index in [0.717, 1.165) is 23.1 Å². The highest BCUT2D eigenvalue weighted by atomic mass is 32.2. The maximum atomic E-state index is 13.1. The third kappa shape index (κ3) is 4.51. The molecule has 28 heavy (non-hydrogen) atoms. The monoisotopic (exact) mass is 416 g/mol.